The number of pyridine rings is 9. The zero-order valence-electron chi connectivity index (χ0n) is 83.5. The number of aromatic nitrogens is 19. The van der Waals surface area contributed by atoms with Crippen molar-refractivity contribution in [1.29, 1.82) is 0 Å². The largest absolute Gasteiger partial charge is 0.381 e. The number of aryl methyl sites for hydroxylation is 7. The van der Waals surface area contributed by atoms with Crippen LogP contribution in [-0.2, 0) is 71.8 Å². The number of benzene rings is 1. The van der Waals surface area contributed by atoms with Gasteiger partial charge in [0.2, 0.25) is 0 Å². The standard InChI is InChI=1S/C23H24N4O3.C22H23N5O3.3C21H22N6O3/c1-27-15-20-22(26-27)21(28)8-4-12-30-11-3-7-19-14-17(9-10-24-19)16-5-2-6-18(13-16)23(29)25-20;1-27-14-19-21(26-27)20(28)5-3-9-30-8-2-4-18-11-15(6-7-24-18)16-10-17(13-23-12-16)22(29)25-19;1-27-13-17-20(26-27)18(28)3-2-9-30-10-8-24-19-12-14(4-7-23-19)16-11-15(5-6-22-16)21(29)25-17;1-27-13-17-20(26-27)18(28)3-2-9-30-10-8-24-19-12-15(5-7-23-19)14-4-6-22-16(11-14)21(29)25-17;1-27-13-17-20(26-27)18(28)3-2-7-30-8-6-24-19-10-14(4-5-23-19)15-9-16(12-22-11-15)21(29)25-17/h2,5-6,9-10,13-15H,3-4,7-8,11-12H2,1H3,(H,25,29);6-7,10-14H,2-5,8-9H2,1H3,(H,25,29);2*4-7,11-13H,2-3,8-10H2,1H3,(H,23,24)(H,25,29);4-5,9-13H,2-3,6-8H2,1H3,(H,23,24)(H,25,29). The van der Waals surface area contributed by atoms with E-state index in [1.54, 1.807) is 158 Å². The molecule has 5 aliphatic heterocycles. The summed E-state index contributed by atoms with van der Waals surface area (Å²) in [5, 5.41) is 44.8. The molecule has 0 fully saturated rings. The van der Waals surface area contributed by atoms with Crippen molar-refractivity contribution in [2.75, 3.05) is 128 Å². The molecule has 20 rings (SSSR count). The van der Waals surface area contributed by atoms with Crippen LogP contribution in [0, 0.1) is 0 Å². The number of amides is 5. The van der Waals surface area contributed by atoms with Crippen molar-refractivity contribution >= 4 is 104 Å². The Bertz CT molecular complexity index is 6380. The van der Waals surface area contributed by atoms with Crippen LogP contribution in [-0.4, -0.2) is 238 Å². The Morgan fingerprint density at radius 2 is 0.500 bits per heavy atom. The molecule has 0 aliphatic carbocycles. The second kappa shape index (κ2) is 52.0. The van der Waals surface area contributed by atoms with Crippen molar-refractivity contribution < 1.29 is 71.6 Å². The van der Waals surface area contributed by atoms with Gasteiger partial charge in [-0.1, -0.05) is 12.1 Å². The molecule has 150 heavy (non-hydrogen) atoms. The summed E-state index contributed by atoms with van der Waals surface area (Å²) in [6, 6.07) is 37.0. The average Bonchev–Trinajstić information content (AvgIpc) is 1.54. The van der Waals surface area contributed by atoms with Crippen LogP contribution < -0.4 is 42.5 Å². The molecule has 0 atom stereocenters. The quantitative estimate of drug-likeness (QED) is 0.0699. The monoisotopic (exact) mass is 2030 g/mol. The number of carbonyl (C=O) groups excluding carboxylic acids is 10. The van der Waals surface area contributed by atoms with E-state index < -0.39 is 5.91 Å². The van der Waals surface area contributed by atoms with E-state index in [4.69, 9.17) is 23.7 Å². The minimum Gasteiger partial charge on any atom is -0.381 e. The number of nitrogens with one attached hydrogen (secondary N) is 8. The van der Waals surface area contributed by atoms with Crippen molar-refractivity contribution in [1.82, 2.24) is 93.8 Å². The number of fused-ring (bicyclic) bond motifs is 30. The van der Waals surface area contributed by atoms with Crippen LogP contribution >= 0.6 is 0 Å². The zero-order chi connectivity index (χ0) is 105. The summed E-state index contributed by atoms with van der Waals surface area (Å²) in [7, 11) is 8.57. The highest BCUT2D eigenvalue weighted by Gasteiger charge is 2.28. The first-order valence-electron chi connectivity index (χ1n) is 49.2. The molecule has 0 spiro atoms. The van der Waals surface area contributed by atoms with Crippen LogP contribution in [0.25, 0.3) is 55.8 Å². The van der Waals surface area contributed by atoms with Gasteiger partial charge < -0.3 is 66.2 Å². The number of ketones is 5. The molecule has 5 aliphatic rings. The first-order valence-corrected chi connectivity index (χ1v) is 49.2. The second-order valence-corrected chi connectivity index (χ2v) is 35.5. The van der Waals surface area contributed by atoms with Gasteiger partial charge in [0.25, 0.3) is 29.5 Å². The minimum atomic E-state index is -0.407. The Balaban J connectivity index is 0.000000133. The Labute approximate surface area is 862 Å². The van der Waals surface area contributed by atoms with E-state index in [-0.39, 0.29) is 106 Å². The molecule has 0 saturated heterocycles. The fourth-order valence-corrected chi connectivity index (χ4v) is 16.6. The molecule has 0 radical (unpaired) electrons. The van der Waals surface area contributed by atoms with E-state index in [0.29, 0.717) is 199 Å². The normalized spacial score (nSPS) is 15.5. The fourth-order valence-electron chi connectivity index (χ4n) is 16.6. The molecule has 8 N–H and O–H groups in total. The lowest BCUT2D eigenvalue weighted by atomic mass is 10.0. The number of Topliss-reactive ketones (excluding diaryl/α,β-unsaturated/α-hetero) is 5. The van der Waals surface area contributed by atoms with Gasteiger partial charge in [-0.2, -0.15) is 25.5 Å². The Morgan fingerprint density at radius 3 is 0.893 bits per heavy atom. The van der Waals surface area contributed by atoms with Gasteiger partial charge in [-0.25, -0.2) is 15.0 Å². The van der Waals surface area contributed by atoms with Crippen molar-refractivity contribution in [3.05, 3.63) is 288 Å². The Hall–Kier alpha value is -17.5. The van der Waals surface area contributed by atoms with Crippen LogP contribution in [0.3, 0.4) is 0 Å². The maximum atomic E-state index is 12.9. The molecular weight excluding hydrogens is 1920 g/mol. The van der Waals surface area contributed by atoms with Gasteiger partial charge in [-0.15, -0.1) is 0 Å². The van der Waals surface area contributed by atoms with Gasteiger partial charge >= 0.3 is 0 Å². The number of rotatable bonds is 0. The molecule has 14 aromatic heterocycles. The fraction of sp³-hybridized carbons (Fsp3) is 0.296. The molecule has 1 aromatic carbocycles. The van der Waals surface area contributed by atoms with E-state index in [1.165, 1.54) is 35.8 Å². The topological polar surface area (TPSA) is 518 Å². The number of anilines is 8. The van der Waals surface area contributed by atoms with Crippen molar-refractivity contribution in [2.24, 2.45) is 35.2 Å². The van der Waals surface area contributed by atoms with Crippen molar-refractivity contribution in [2.45, 2.75) is 89.9 Å². The third-order valence-corrected chi connectivity index (χ3v) is 24.0. The van der Waals surface area contributed by atoms with Gasteiger partial charge in [0, 0.05) is 272 Å². The van der Waals surface area contributed by atoms with Crippen molar-refractivity contribution in [3.8, 4) is 55.8 Å². The van der Waals surface area contributed by atoms with E-state index >= 15 is 0 Å². The highest BCUT2D eigenvalue weighted by Crippen LogP contribution is 2.32. The van der Waals surface area contributed by atoms with Crippen LogP contribution in [0.2, 0.25) is 0 Å². The number of hydrogen-bond donors (Lipinski definition) is 8. The van der Waals surface area contributed by atoms with Crippen molar-refractivity contribution in [3.63, 3.8) is 0 Å². The predicted molar refractivity (Wildman–Crippen MR) is 559 cm³/mol. The number of nitrogens with zero attached hydrogens (tertiary/aromatic N) is 19. The van der Waals surface area contributed by atoms with E-state index in [9.17, 15) is 47.9 Å². The van der Waals surface area contributed by atoms with Gasteiger partial charge in [0.1, 0.15) is 23.1 Å². The SMILES string of the molecule is Cn1cc2c(n1)C(=O)CCCOCCCc1cc(ccn1)-c1cccc(c1)C(=O)N2.Cn1cc2c(n1)C(=O)CCCOCCCc1cc(ccn1)-c1cncc(c1)C(=O)N2.Cn1cc2c(n1)C(=O)CCCOCCNc1cc(ccn1)-c1cc(ccn1)C(=O)N2.Cn1cc2c(n1)C(=O)CCCOCCNc1cc(ccn1)-c1ccnc(c1)C(=O)N2.Cn1cc2c(n1)C(=O)CCCOCCNc1cc(ccn1)-c1cncc(c1)C(=O)N2. The molecule has 0 saturated carbocycles. The van der Waals surface area contributed by atoms with E-state index in [0.717, 1.165) is 93.0 Å². The summed E-state index contributed by atoms with van der Waals surface area (Å²) >= 11 is 0. The number of carbonyl (C=O) groups is 10. The molecule has 42 nitrogen and oxygen atoms in total. The van der Waals surface area contributed by atoms with E-state index in [1.807, 2.05) is 78.9 Å². The molecule has 42 heteroatoms. The lowest BCUT2D eigenvalue weighted by Crippen LogP contribution is -2.16. The maximum absolute atomic E-state index is 12.9. The van der Waals surface area contributed by atoms with E-state index in [2.05, 4.69) is 119 Å². The first kappa shape index (κ1) is 105. The van der Waals surface area contributed by atoms with Gasteiger partial charge in [0.15, 0.2) is 57.4 Å². The molecule has 5 amide bonds. The van der Waals surface area contributed by atoms with Crippen LogP contribution in [0.1, 0.15) is 193 Å². The predicted octanol–water partition coefficient (Wildman–Crippen LogP) is 14.3. The number of hydrogen-bond acceptors (Lipinski definition) is 32. The van der Waals surface area contributed by atoms with Crippen LogP contribution in [0.5, 0.6) is 0 Å². The molecule has 20 bridgehead atoms. The second-order valence-electron chi connectivity index (χ2n) is 35.5. The summed E-state index contributed by atoms with van der Waals surface area (Å²) < 4.78 is 35.7. The zero-order valence-corrected chi connectivity index (χ0v) is 83.5. The molecule has 0 unspecified atom stereocenters. The molecule has 19 heterocycles. The summed E-state index contributed by atoms with van der Waals surface area (Å²) in [5.41, 5.74) is 15.8. The van der Waals surface area contributed by atoms with Crippen LogP contribution in [0.4, 0.5) is 45.9 Å². The van der Waals surface area contributed by atoms with Crippen LogP contribution in [0.15, 0.2) is 220 Å². The molecule has 15 aromatic rings. The van der Waals surface area contributed by atoms with Gasteiger partial charge in [0.05, 0.1) is 65.1 Å². The van der Waals surface area contributed by atoms with Gasteiger partial charge in [-0.05, 0) is 200 Å². The highest BCUT2D eigenvalue weighted by molar-refractivity contribution is 6.13. The maximum Gasteiger partial charge on any atom is 0.274 e. The summed E-state index contributed by atoms with van der Waals surface area (Å²) in [4.78, 5) is 166. The summed E-state index contributed by atoms with van der Waals surface area (Å²) in [6.07, 6.45) is 34.1. The molecule has 770 valence electrons. The summed E-state index contributed by atoms with van der Waals surface area (Å²) in [6.45, 7) is 6.92. The third-order valence-electron chi connectivity index (χ3n) is 24.0. The minimum absolute atomic E-state index is 0.108. The lowest BCUT2D eigenvalue weighted by Gasteiger charge is -2.10. The lowest BCUT2D eigenvalue weighted by molar-refractivity contribution is 0.0925. The summed E-state index contributed by atoms with van der Waals surface area (Å²) in [5.74, 6) is -0.246. The first-order chi connectivity index (χ1) is 73.0. The van der Waals surface area contributed by atoms with Gasteiger partial charge in [-0.3, -0.25) is 101 Å². The smallest absolute Gasteiger partial charge is 0.274 e. The number of ether oxygens (including phenoxy) is 5. The Morgan fingerprint density at radius 1 is 0.240 bits per heavy atom. The third kappa shape index (κ3) is 29.5. The average molecular weight is 2030 g/mol. The Kier molecular flexibility index (Phi) is 36.5. The highest BCUT2D eigenvalue weighted by atomic mass is 16.5. The molecular formula is C108H113N27O15.